The Balaban J connectivity index is 2.33. The first-order chi connectivity index (χ1) is 9.06. The lowest BCUT2D eigenvalue weighted by molar-refractivity contribution is 0.899. The van der Waals surface area contributed by atoms with E-state index in [-0.39, 0.29) is 0 Å². The van der Waals surface area contributed by atoms with Crippen molar-refractivity contribution in [3.8, 4) is 11.3 Å². The number of nitrogens with two attached hydrogens (primary N) is 1. The zero-order valence-electron chi connectivity index (χ0n) is 10.7. The average molecular weight is 273 g/mol. The summed E-state index contributed by atoms with van der Waals surface area (Å²) in [5.74, 6) is 0.395. The van der Waals surface area contributed by atoms with E-state index in [1.54, 1.807) is 4.52 Å². The van der Waals surface area contributed by atoms with Crippen LogP contribution in [0.2, 0.25) is 5.02 Å². The molecule has 1 aromatic carbocycles. The Kier molecular flexibility index (Phi) is 2.68. The van der Waals surface area contributed by atoms with Crippen molar-refractivity contribution in [3.63, 3.8) is 0 Å². The van der Waals surface area contributed by atoms with E-state index in [1.807, 2.05) is 44.2 Å². The average Bonchev–Trinajstić information content (AvgIpc) is 2.68. The topological polar surface area (TPSA) is 56.2 Å². The summed E-state index contributed by atoms with van der Waals surface area (Å²) >= 11 is 5.91. The fourth-order valence-corrected chi connectivity index (χ4v) is 2.39. The first-order valence-corrected chi connectivity index (χ1v) is 6.32. The van der Waals surface area contributed by atoms with Gasteiger partial charge in [0.15, 0.2) is 0 Å². The number of hydrogen-bond donors (Lipinski definition) is 1. The number of anilines is 1. The molecule has 0 unspecified atom stereocenters. The quantitative estimate of drug-likeness (QED) is 0.740. The molecule has 0 spiro atoms. The highest BCUT2D eigenvalue weighted by Gasteiger charge is 2.14. The van der Waals surface area contributed by atoms with Crippen LogP contribution in [0.4, 0.5) is 5.95 Å². The van der Waals surface area contributed by atoms with Gasteiger partial charge in [0.2, 0.25) is 5.95 Å². The lowest BCUT2D eigenvalue weighted by Gasteiger charge is -2.03. The van der Waals surface area contributed by atoms with Crippen LogP contribution >= 0.6 is 11.6 Å². The van der Waals surface area contributed by atoms with E-state index in [1.165, 1.54) is 0 Å². The standard InChI is InChI=1S/C14H13ClN4/c1-8-7-9(2)18-19-13(8)12(17-14(19)16)10-3-5-11(15)6-4-10/h3-7H,1-2H3,(H2,16,17). The summed E-state index contributed by atoms with van der Waals surface area (Å²) in [6, 6.07) is 9.58. The van der Waals surface area contributed by atoms with E-state index in [2.05, 4.69) is 10.1 Å². The lowest BCUT2D eigenvalue weighted by atomic mass is 10.1. The van der Waals surface area contributed by atoms with Gasteiger partial charge in [0.1, 0.15) is 5.69 Å². The molecule has 0 radical (unpaired) electrons. The van der Waals surface area contributed by atoms with Gasteiger partial charge in [-0.05, 0) is 37.6 Å². The van der Waals surface area contributed by atoms with Crippen molar-refractivity contribution in [1.82, 2.24) is 14.6 Å². The minimum Gasteiger partial charge on any atom is -0.368 e. The molecule has 0 amide bonds. The Bertz CT molecular complexity index is 759. The van der Waals surface area contributed by atoms with E-state index in [9.17, 15) is 0 Å². The van der Waals surface area contributed by atoms with Gasteiger partial charge in [0, 0.05) is 10.6 Å². The molecular formula is C14H13ClN4. The van der Waals surface area contributed by atoms with Crippen LogP contribution in [0.1, 0.15) is 11.3 Å². The van der Waals surface area contributed by atoms with Gasteiger partial charge in [0.05, 0.1) is 11.2 Å². The first-order valence-electron chi connectivity index (χ1n) is 5.94. The molecule has 2 heterocycles. The van der Waals surface area contributed by atoms with Gasteiger partial charge in [-0.15, -0.1) is 0 Å². The second-order valence-electron chi connectivity index (χ2n) is 4.55. The van der Waals surface area contributed by atoms with E-state index < -0.39 is 0 Å². The highest BCUT2D eigenvalue weighted by atomic mass is 35.5. The molecule has 0 atom stereocenters. The summed E-state index contributed by atoms with van der Waals surface area (Å²) in [4.78, 5) is 4.43. The number of benzene rings is 1. The normalized spacial score (nSPS) is 11.1. The highest BCUT2D eigenvalue weighted by molar-refractivity contribution is 6.30. The molecule has 0 aliphatic rings. The fourth-order valence-electron chi connectivity index (χ4n) is 2.26. The minimum atomic E-state index is 0.395. The number of nitrogens with zero attached hydrogens (tertiary/aromatic N) is 3. The predicted octanol–water partition coefficient (Wildman–Crippen LogP) is 3.25. The molecule has 0 aliphatic heterocycles. The third-order valence-electron chi connectivity index (χ3n) is 3.05. The maximum Gasteiger partial charge on any atom is 0.222 e. The third kappa shape index (κ3) is 1.94. The van der Waals surface area contributed by atoms with Crippen LogP contribution in [0.25, 0.3) is 16.8 Å². The third-order valence-corrected chi connectivity index (χ3v) is 3.31. The minimum absolute atomic E-state index is 0.395. The molecule has 0 aliphatic carbocycles. The summed E-state index contributed by atoms with van der Waals surface area (Å²) < 4.78 is 1.69. The largest absolute Gasteiger partial charge is 0.368 e. The molecule has 0 bridgehead atoms. The summed E-state index contributed by atoms with van der Waals surface area (Å²) in [6.45, 7) is 3.97. The summed E-state index contributed by atoms with van der Waals surface area (Å²) in [5, 5.41) is 5.10. The molecule has 3 rings (SSSR count). The van der Waals surface area contributed by atoms with Crippen molar-refractivity contribution in [2.45, 2.75) is 13.8 Å². The molecule has 0 fully saturated rings. The highest BCUT2D eigenvalue weighted by Crippen LogP contribution is 2.28. The molecule has 0 saturated carbocycles. The van der Waals surface area contributed by atoms with Gasteiger partial charge < -0.3 is 5.73 Å². The smallest absolute Gasteiger partial charge is 0.222 e. The van der Waals surface area contributed by atoms with Crippen LogP contribution in [0.5, 0.6) is 0 Å². The second-order valence-corrected chi connectivity index (χ2v) is 4.99. The van der Waals surface area contributed by atoms with Crippen LogP contribution < -0.4 is 5.73 Å². The summed E-state index contributed by atoms with van der Waals surface area (Å²) in [6.07, 6.45) is 0. The van der Waals surface area contributed by atoms with Crippen LogP contribution in [0.3, 0.4) is 0 Å². The van der Waals surface area contributed by atoms with Crippen molar-refractivity contribution in [2.24, 2.45) is 0 Å². The Morgan fingerprint density at radius 3 is 2.53 bits per heavy atom. The van der Waals surface area contributed by atoms with E-state index in [0.717, 1.165) is 28.0 Å². The maximum atomic E-state index is 5.95. The van der Waals surface area contributed by atoms with Crippen LogP contribution in [-0.4, -0.2) is 14.6 Å². The number of hydrogen-bond acceptors (Lipinski definition) is 3. The second kappa shape index (κ2) is 4.24. The Hall–Kier alpha value is -2.07. The van der Waals surface area contributed by atoms with Gasteiger partial charge >= 0.3 is 0 Å². The number of fused-ring (bicyclic) bond motifs is 1. The van der Waals surface area contributed by atoms with Gasteiger partial charge in [-0.3, -0.25) is 0 Å². The number of halogens is 1. The molecule has 5 heteroatoms. The molecule has 3 aromatic rings. The van der Waals surface area contributed by atoms with Crippen molar-refractivity contribution < 1.29 is 0 Å². The summed E-state index contributed by atoms with van der Waals surface area (Å²) in [7, 11) is 0. The Morgan fingerprint density at radius 1 is 1.16 bits per heavy atom. The van der Waals surface area contributed by atoms with Crippen molar-refractivity contribution in [3.05, 3.63) is 46.6 Å². The van der Waals surface area contributed by atoms with E-state index >= 15 is 0 Å². The van der Waals surface area contributed by atoms with Crippen molar-refractivity contribution in [2.75, 3.05) is 5.73 Å². The van der Waals surface area contributed by atoms with Crippen LogP contribution in [0.15, 0.2) is 30.3 Å². The number of aryl methyl sites for hydroxylation is 2. The molecule has 4 nitrogen and oxygen atoms in total. The summed E-state index contributed by atoms with van der Waals surface area (Å²) in [5.41, 5.74) is 10.7. The predicted molar refractivity (Wildman–Crippen MR) is 77.3 cm³/mol. The van der Waals surface area contributed by atoms with E-state index in [0.29, 0.717) is 11.0 Å². The number of nitrogen functional groups attached to an aromatic ring is 1. The van der Waals surface area contributed by atoms with Crippen LogP contribution in [-0.2, 0) is 0 Å². The van der Waals surface area contributed by atoms with Crippen molar-refractivity contribution >= 4 is 23.1 Å². The van der Waals surface area contributed by atoms with Gasteiger partial charge in [-0.25, -0.2) is 4.98 Å². The Morgan fingerprint density at radius 2 is 1.84 bits per heavy atom. The zero-order valence-corrected chi connectivity index (χ0v) is 11.4. The molecule has 0 saturated heterocycles. The number of imidazole rings is 1. The maximum absolute atomic E-state index is 5.95. The number of rotatable bonds is 1. The fraction of sp³-hybridized carbons (Fsp3) is 0.143. The lowest BCUT2D eigenvalue weighted by Crippen LogP contribution is -2.00. The van der Waals surface area contributed by atoms with Crippen LogP contribution in [0, 0.1) is 13.8 Å². The van der Waals surface area contributed by atoms with Gasteiger partial charge in [-0.2, -0.15) is 9.61 Å². The Labute approximate surface area is 115 Å². The number of aromatic nitrogens is 3. The van der Waals surface area contributed by atoms with Crippen molar-refractivity contribution in [1.29, 1.82) is 0 Å². The van der Waals surface area contributed by atoms with Gasteiger partial charge in [-0.1, -0.05) is 23.7 Å². The molecule has 19 heavy (non-hydrogen) atoms. The molecule has 2 N–H and O–H groups in total. The van der Waals surface area contributed by atoms with Gasteiger partial charge in [0.25, 0.3) is 0 Å². The molecule has 2 aromatic heterocycles. The molecular weight excluding hydrogens is 260 g/mol. The monoisotopic (exact) mass is 272 g/mol. The van der Waals surface area contributed by atoms with E-state index in [4.69, 9.17) is 17.3 Å². The first kappa shape index (κ1) is 12.0. The SMILES string of the molecule is Cc1cc(C)c2c(-c3ccc(Cl)cc3)nc(N)n2n1. The molecule has 96 valence electrons. The zero-order chi connectivity index (χ0) is 13.6.